The van der Waals surface area contributed by atoms with Gasteiger partial charge in [-0.3, -0.25) is 0 Å². The second-order valence-electron chi connectivity index (χ2n) is 3.86. The first kappa shape index (κ1) is 13.1. The van der Waals surface area contributed by atoms with Gasteiger partial charge in [-0.15, -0.1) is 0 Å². The van der Waals surface area contributed by atoms with Crippen LogP contribution in [0.1, 0.15) is 5.56 Å². The van der Waals surface area contributed by atoms with Crippen LogP contribution in [-0.2, 0) is 6.61 Å². The van der Waals surface area contributed by atoms with Gasteiger partial charge in [0.25, 0.3) is 0 Å². The Kier molecular flexibility index (Phi) is 4.41. The molecular weight excluding hydrogens is 295 g/mol. The van der Waals surface area contributed by atoms with E-state index in [-0.39, 0.29) is 0 Å². The molecule has 0 spiro atoms. The molecule has 2 aromatic carbocycles. The minimum atomic E-state index is -1.43. The van der Waals surface area contributed by atoms with Crippen molar-refractivity contribution in [2.45, 2.75) is 6.61 Å². The zero-order valence-electron chi connectivity index (χ0n) is 9.58. The van der Waals surface area contributed by atoms with Crippen LogP contribution in [0.4, 0.5) is 0 Å². The fraction of sp³-hybridized carbons (Fsp3) is 0.0769. The lowest BCUT2D eigenvalue weighted by Crippen LogP contribution is -2.29. The highest BCUT2D eigenvalue weighted by Crippen LogP contribution is 2.18. The molecule has 3 nitrogen and oxygen atoms in total. The van der Waals surface area contributed by atoms with Crippen molar-refractivity contribution in [3.05, 3.63) is 58.6 Å². The van der Waals surface area contributed by atoms with Crippen LogP contribution in [0, 0.1) is 0 Å². The second-order valence-corrected chi connectivity index (χ2v) is 4.78. The van der Waals surface area contributed by atoms with E-state index in [4.69, 9.17) is 14.8 Å². The SMILES string of the molecule is OB(O)c1ccc(COc2cccc(Br)c2)cc1. The Bertz CT molecular complexity index is 514. The minimum Gasteiger partial charge on any atom is -0.489 e. The molecule has 5 heteroatoms. The van der Waals surface area contributed by atoms with E-state index in [1.165, 1.54) is 0 Å². The number of rotatable bonds is 4. The quantitative estimate of drug-likeness (QED) is 0.846. The lowest BCUT2D eigenvalue weighted by Gasteiger charge is -2.07. The largest absolute Gasteiger partial charge is 0.489 e. The molecule has 0 heterocycles. The lowest BCUT2D eigenvalue weighted by atomic mass is 9.80. The van der Waals surface area contributed by atoms with Crippen molar-refractivity contribution in [1.82, 2.24) is 0 Å². The van der Waals surface area contributed by atoms with Crippen molar-refractivity contribution >= 4 is 28.5 Å². The Balaban J connectivity index is 1.98. The molecule has 0 unspecified atom stereocenters. The highest BCUT2D eigenvalue weighted by atomic mass is 79.9. The average molecular weight is 307 g/mol. The van der Waals surface area contributed by atoms with Gasteiger partial charge in [0, 0.05) is 4.47 Å². The number of hydrogen-bond acceptors (Lipinski definition) is 3. The van der Waals surface area contributed by atoms with Crippen molar-refractivity contribution in [3.8, 4) is 5.75 Å². The van der Waals surface area contributed by atoms with Gasteiger partial charge in [-0.2, -0.15) is 0 Å². The molecule has 0 radical (unpaired) electrons. The van der Waals surface area contributed by atoms with Crippen LogP contribution in [-0.4, -0.2) is 17.2 Å². The predicted octanol–water partition coefficient (Wildman–Crippen LogP) is 1.71. The molecule has 0 aliphatic heterocycles. The smallest absolute Gasteiger partial charge is 0.488 e. The van der Waals surface area contributed by atoms with E-state index in [1.807, 2.05) is 36.4 Å². The summed E-state index contributed by atoms with van der Waals surface area (Å²) < 4.78 is 6.59. The monoisotopic (exact) mass is 306 g/mol. The fourth-order valence-electron chi connectivity index (χ4n) is 1.51. The molecule has 0 aliphatic carbocycles. The van der Waals surface area contributed by atoms with Crippen molar-refractivity contribution in [3.63, 3.8) is 0 Å². The van der Waals surface area contributed by atoms with Crippen LogP contribution < -0.4 is 10.2 Å². The minimum absolute atomic E-state index is 0.443. The maximum Gasteiger partial charge on any atom is 0.488 e. The summed E-state index contributed by atoms with van der Waals surface area (Å²) >= 11 is 3.38. The van der Waals surface area contributed by atoms with Crippen LogP contribution in [0.2, 0.25) is 0 Å². The van der Waals surface area contributed by atoms with Gasteiger partial charge >= 0.3 is 7.12 Å². The van der Waals surface area contributed by atoms with Crippen LogP contribution >= 0.6 is 15.9 Å². The molecule has 0 saturated carbocycles. The molecule has 0 saturated heterocycles. The summed E-state index contributed by atoms with van der Waals surface area (Å²) in [5, 5.41) is 17.9. The summed E-state index contributed by atoms with van der Waals surface area (Å²) in [6.45, 7) is 0.443. The fourth-order valence-corrected chi connectivity index (χ4v) is 1.89. The van der Waals surface area contributed by atoms with Crippen LogP contribution in [0.25, 0.3) is 0 Å². The van der Waals surface area contributed by atoms with E-state index < -0.39 is 7.12 Å². The molecule has 0 amide bonds. The second kappa shape index (κ2) is 6.04. The van der Waals surface area contributed by atoms with Crippen molar-refractivity contribution < 1.29 is 14.8 Å². The Hall–Kier alpha value is -1.30. The number of ether oxygens (including phenoxy) is 1. The predicted molar refractivity (Wildman–Crippen MR) is 74.7 cm³/mol. The van der Waals surface area contributed by atoms with Gasteiger partial charge in [-0.1, -0.05) is 46.3 Å². The maximum atomic E-state index is 8.97. The molecule has 92 valence electrons. The van der Waals surface area contributed by atoms with Gasteiger partial charge in [-0.25, -0.2) is 0 Å². The molecule has 2 N–H and O–H groups in total. The van der Waals surface area contributed by atoms with E-state index in [9.17, 15) is 0 Å². The molecule has 2 rings (SSSR count). The zero-order chi connectivity index (χ0) is 13.0. The normalized spacial score (nSPS) is 10.2. The molecule has 0 aliphatic rings. The number of hydrogen-bond donors (Lipinski definition) is 2. The van der Waals surface area contributed by atoms with Gasteiger partial charge in [0.05, 0.1) is 0 Å². The summed E-state index contributed by atoms with van der Waals surface area (Å²) in [5.74, 6) is 0.788. The third-order valence-electron chi connectivity index (χ3n) is 2.48. The highest BCUT2D eigenvalue weighted by molar-refractivity contribution is 9.10. The number of halogens is 1. The summed E-state index contributed by atoms with van der Waals surface area (Å²) in [5.41, 5.74) is 1.44. The zero-order valence-corrected chi connectivity index (χ0v) is 11.2. The third-order valence-corrected chi connectivity index (χ3v) is 2.97. The van der Waals surface area contributed by atoms with Gasteiger partial charge in [0.2, 0.25) is 0 Å². The summed E-state index contributed by atoms with van der Waals surface area (Å²) in [7, 11) is -1.43. The van der Waals surface area contributed by atoms with E-state index in [0.29, 0.717) is 12.1 Å². The lowest BCUT2D eigenvalue weighted by molar-refractivity contribution is 0.306. The van der Waals surface area contributed by atoms with E-state index in [2.05, 4.69) is 15.9 Å². The summed E-state index contributed by atoms with van der Waals surface area (Å²) in [4.78, 5) is 0. The van der Waals surface area contributed by atoms with E-state index in [0.717, 1.165) is 15.8 Å². The molecule has 0 bridgehead atoms. The average Bonchev–Trinajstić information content (AvgIpc) is 2.37. The van der Waals surface area contributed by atoms with Crippen LogP contribution in [0.15, 0.2) is 53.0 Å². The van der Waals surface area contributed by atoms with Crippen molar-refractivity contribution in [2.24, 2.45) is 0 Å². The number of benzene rings is 2. The van der Waals surface area contributed by atoms with E-state index >= 15 is 0 Å². The van der Waals surface area contributed by atoms with Gasteiger partial charge in [0.1, 0.15) is 12.4 Å². The molecular formula is C13H12BBrO3. The standard InChI is InChI=1S/C13H12BBrO3/c15-12-2-1-3-13(8-12)18-9-10-4-6-11(7-5-10)14(16)17/h1-8,16-17H,9H2. The Morgan fingerprint density at radius 2 is 1.78 bits per heavy atom. The maximum absolute atomic E-state index is 8.97. The Labute approximate surface area is 114 Å². The van der Waals surface area contributed by atoms with Gasteiger partial charge < -0.3 is 14.8 Å². The van der Waals surface area contributed by atoms with Crippen LogP contribution in [0.3, 0.4) is 0 Å². The molecule has 18 heavy (non-hydrogen) atoms. The van der Waals surface area contributed by atoms with Gasteiger partial charge in [0.15, 0.2) is 0 Å². The Morgan fingerprint density at radius 1 is 1.06 bits per heavy atom. The highest BCUT2D eigenvalue weighted by Gasteiger charge is 2.09. The third kappa shape index (κ3) is 3.60. The van der Waals surface area contributed by atoms with Crippen molar-refractivity contribution in [2.75, 3.05) is 0 Å². The summed E-state index contributed by atoms with van der Waals surface area (Å²) in [6.07, 6.45) is 0. The van der Waals surface area contributed by atoms with Crippen molar-refractivity contribution in [1.29, 1.82) is 0 Å². The molecule has 0 fully saturated rings. The first-order valence-electron chi connectivity index (χ1n) is 5.48. The first-order chi connectivity index (χ1) is 8.65. The van der Waals surface area contributed by atoms with Gasteiger partial charge in [-0.05, 0) is 29.2 Å². The molecule has 0 atom stereocenters. The topological polar surface area (TPSA) is 49.7 Å². The van der Waals surface area contributed by atoms with E-state index in [1.54, 1.807) is 12.1 Å². The summed E-state index contributed by atoms with van der Waals surface area (Å²) in [6, 6.07) is 14.6. The van der Waals surface area contributed by atoms with Crippen LogP contribution in [0.5, 0.6) is 5.75 Å². The molecule has 2 aromatic rings. The molecule has 0 aromatic heterocycles. The Morgan fingerprint density at radius 3 is 2.39 bits per heavy atom. The first-order valence-corrected chi connectivity index (χ1v) is 6.28.